The van der Waals surface area contributed by atoms with Crippen LogP contribution >= 0.6 is 11.6 Å². The summed E-state index contributed by atoms with van der Waals surface area (Å²) in [5.74, 6) is 0.915. The summed E-state index contributed by atoms with van der Waals surface area (Å²) in [6, 6.07) is 2.30. The standard InChI is InChI=1S/C9H13ClN4/c1-7-5-14(3-2-11-7)9-4-8(10)12-6-13-9/h4,6-7,11H,2-3,5H2,1H3/t7-/m1/s1. The van der Waals surface area contributed by atoms with Crippen LogP contribution in [0, 0.1) is 0 Å². The fraction of sp³-hybridized carbons (Fsp3) is 0.556. The van der Waals surface area contributed by atoms with Gasteiger partial charge in [0.25, 0.3) is 0 Å². The van der Waals surface area contributed by atoms with Gasteiger partial charge in [-0.15, -0.1) is 0 Å². The molecule has 0 aliphatic carbocycles. The van der Waals surface area contributed by atoms with Gasteiger partial charge in [0.2, 0.25) is 0 Å². The first-order valence-corrected chi connectivity index (χ1v) is 5.09. The Kier molecular flexibility index (Phi) is 2.84. The number of hydrogen-bond acceptors (Lipinski definition) is 4. The van der Waals surface area contributed by atoms with Gasteiger partial charge in [-0.25, -0.2) is 9.97 Å². The molecule has 1 aliphatic heterocycles. The van der Waals surface area contributed by atoms with Gasteiger partial charge in [0.15, 0.2) is 0 Å². The van der Waals surface area contributed by atoms with Crippen LogP contribution < -0.4 is 10.2 Å². The van der Waals surface area contributed by atoms with Crippen LogP contribution in [-0.2, 0) is 0 Å². The van der Waals surface area contributed by atoms with Gasteiger partial charge in [0.1, 0.15) is 17.3 Å². The van der Waals surface area contributed by atoms with E-state index < -0.39 is 0 Å². The predicted molar refractivity (Wildman–Crippen MR) is 56.7 cm³/mol. The van der Waals surface area contributed by atoms with E-state index in [0.29, 0.717) is 11.2 Å². The quantitative estimate of drug-likeness (QED) is 0.704. The van der Waals surface area contributed by atoms with Crippen molar-refractivity contribution in [2.24, 2.45) is 0 Å². The zero-order valence-corrected chi connectivity index (χ0v) is 8.83. The highest BCUT2D eigenvalue weighted by atomic mass is 35.5. The van der Waals surface area contributed by atoms with Crippen molar-refractivity contribution in [2.75, 3.05) is 24.5 Å². The van der Waals surface area contributed by atoms with Gasteiger partial charge in [0.05, 0.1) is 0 Å². The van der Waals surface area contributed by atoms with Crippen molar-refractivity contribution in [2.45, 2.75) is 13.0 Å². The largest absolute Gasteiger partial charge is 0.354 e. The fourth-order valence-electron chi connectivity index (χ4n) is 1.64. The fourth-order valence-corrected chi connectivity index (χ4v) is 1.78. The van der Waals surface area contributed by atoms with E-state index in [1.807, 2.05) is 0 Å². The number of nitrogens with one attached hydrogen (secondary N) is 1. The monoisotopic (exact) mass is 212 g/mol. The lowest BCUT2D eigenvalue weighted by Gasteiger charge is -2.32. The molecule has 4 nitrogen and oxygen atoms in total. The summed E-state index contributed by atoms with van der Waals surface area (Å²) in [5.41, 5.74) is 0. The lowest BCUT2D eigenvalue weighted by atomic mass is 10.2. The van der Waals surface area contributed by atoms with Crippen molar-refractivity contribution >= 4 is 17.4 Å². The normalized spacial score (nSPS) is 22.4. The van der Waals surface area contributed by atoms with Crippen molar-refractivity contribution in [3.63, 3.8) is 0 Å². The van der Waals surface area contributed by atoms with Crippen LogP contribution in [0.3, 0.4) is 0 Å². The molecule has 2 rings (SSSR count). The average molecular weight is 213 g/mol. The van der Waals surface area contributed by atoms with Gasteiger partial charge in [-0.05, 0) is 6.92 Å². The molecule has 0 aromatic carbocycles. The second kappa shape index (κ2) is 4.11. The molecular formula is C9H13ClN4. The van der Waals surface area contributed by atoms with Gasteiger partial charge in [-0.2, -0.15) is 0 Å². The average Bonchev–Trinajstić information content (AvgIpc) is 2.18. The Hall–Kier alpha value is -0.870. The van der Waals surface area contributed by atoms with E-state index in [4.69, 9.17) is 11.6 Å². The molecule has 1 aliphatic rings. The number of aromatic nitrogens is 2. The second-order valence-corrected chi connectivity index (χ2v) is 3.89. The molecule has 0 radical (unpaired) electrons. The second-order valence-electron chi connectivity index (χ2n) is 3.50. The summed E-state index contributed by atoms with van der Waals surface area (Å²) in [7, 11) is 0. The van der Waals surface area contributed by atoms with Gasteiger partial charge in [0, 0.05) is 31.7 Å². The minimum atomic E-state index is 0.498. The van der Waals surface area contributed by atoms with Crippen molar-refractivity contribution in [1.29, 1.82) is 0 Å². The first kappa shape index (κ1) is 9.68. The predicted octanol–water partition coefficient (Wildman–Crippen LogP) is 0.928. The molecule has 0 spiro atoms. The lowest BCUT2D eigenvalue weighted by Crippen LogP contribution is -2.49. The molecule has 0 amide bonds. The number of piperazine rings is 1. The third-order valence-electron chi connectivity index (χ3n) is 2.31. The van der Waals surface area contributed by atoms with Gasteiger partial charge < -0.3 is 10.2 Å². The molecule has 1 saturated heterocycles. The SMILES string of the molecule is C[C@@H]1CN(c2cc(Cl)ncn2)CCN1. The summed E-state index contributed by atoms with van der Waals surface area (Å²) in [4.78, 5) is 10.3. The van der Waals surface area contributed by atoms with Crippen LogP contribution in [0.15, 0.2) is 12.4 Å². The van der Waals surface area contributed by atoms with Crippen molar-refractivity contribution < 1.29 is 0 Å². The molecule has 1 fully saturated rings. The summed E-state index contributed by atoms with van der Waals surface area (Å²) in [5, 5.41) is 3.88. The van der Waals surface area contributed by atoms with Crippen LogP contribution in [0.2, 0.25) is 5.15 Å². The number of nitrogens with zero attached hydrogens (tertiary/aromatic N) is 3. The van der Waals surface area contributed by atoms with Crippen molar-refractivity contribution in [1.82, 2.24) is 15.3 Å². The van der Waals surface area contributed by atoms with E-state index in [2.05, 4.69) is 27.1 Å². The van der Waals surface area contributed by atoms with Gasteiger partial charge >= 0.3 is 0 Å². The maximum absolute atomic E-state index is 5.81. The van der Waals surface area contributed by atoms with E-state index in [0.717, 1.165) is 25.5 Å². The Bertz CT molecular complexity index is 317. The third kappa shape index (κ3) is 2.13. The molecule has 1 aromatic rings. The molecular weight excluding hydrogens is 200 g/mol. The summed E-state index contributed by atoms with van der Waals surface area (Å²) >= 11 is 5.81. The molecule has 14 heavy (non-hydrogen) atoms. The molecule has 1 atom stereocenters. The Morgan fingerprint density at radius 1 is 1.57 bits per heavy atom. The molecule has 76 valence electrons. The first-order chi connectivity index (χ1) is 6.75. The summed E-state index contributed by atoms with van der Waals surface area (Å²) in [6.07, 6.45) is 1.50. The number of rotatable bonds is 1. The Morgan fingerprint density at radius 3 is 3.14 bits per heavy atom. The summed E-state index contributed by atoms with van der Waals surface area (Å²) < 4.78 is 0. The van der Waals surface area contributed by atoms with Crippen molar-refractivity contribution in [3.8, 4) is 0 Å². The maximum Gasteiger partial charge on any atom is 0.134 e. The molecule has 1 aromatic heterocycles. The van der Waals surface area contributed by atoms with Crippen LogP contribution in [-0.4, -0.2) is 35.6 Å². The molecule has 1 N–H and O–H groups in total. The zero-order valence-electron chi connectivity index (χ0n) is 8.07. The molecule has 0 saturated carbocycles. The highest BCUT2D eigenvalue weighted by Crippen LogP contribution is 2.15. The van der Waals surface area contributed by atoms with E-state index in [-0.39, 0.29) is 0 Å². The van der Waals surface area contributed by atoms with Crippen LogP contribution in [0.1, 0.15) is 6.92 Å². The zero-order chi connectivity index (χ0) is 9.97. The Labute approximate surface area is 88.3 Å². The molecule has 0 bridgehead atoms. The number of hydrogen-bond donors (Lipinski definition) is 1. The number of anilines is 1. The van der Waals surface area contributed by atoms with Crippen LogP contribution in [0.25, 0.3) is 0 Å². The minimum absolute atomic E-state index is 0.498. The van der Waals surface area contributed by atoms with Crippen molar-refractivity contribution in [3.05, 3.63) is 17.5 Å². The third-order valence-corrected chi connectivity index (χ3v) is 2.52. The van der Waals surface area contributed by atoms with Gasteiger partial charge in [-0.1, -0.05) is 11.6 Å². The van der Waals surface area contributed by atoms with E-state index in [1.165, 1.54) is 6.33 Å². The minimum Gasteiger partial charge on any atom is -0.354 e. The highest BCUT2D eigenvalue weighted by Gasteiger charge is 2.16. The number of halogens is 1. The highest BCUT2D eigenvalue weighted by molar-refractivity contribution is 6.29. The van der Waals surface area contributed by atoms with E-state index in [9.17, 15) is 0 Å². The Balaban J connectivity index is 2.14. The first-order valence-electron chi connectivity index (χ1n) is 4.71. The lowest BCUT2D eigenvalue weighted by molar-refractivity contribution is 0.482. The van der Waals surface area contributed by atoms with Crippen LogP contribution in [0.5, 0.6) is 0 Å². The Morgan fingerprint density at radius 2 is 2.43 bits per heavy atom. The van der Waals surface area contributed by atoms with E-state index in [1.54, 1.807) is 6.07 Å². The molecule has 2 heterocycles. The maximum atomic E-state index is 5.81. The summed E-state index contributed by atoms with van der Waals surface area (Å²) in [6.45, 7) is 5.09. The van der Waals surface area contributed by atoms with Crippen LogP contribution in [0.4, 0.5) is 5.82 Å². The molecule has 0 unspecified atom stereocenters. The topological polar surface area (TPSA) is 41.1 Å². The van der Waals surface area contributed by atoms with E-state index >= 15 is 0 Å². The molecule has 5 heteroatoms. The smallest absolute Gasteiger partial charge is 0.134 e. The van der Waals surface area contributed by atoms with Gasteiger partial charge in [-0.3, -0.25) is 0 Å².